The summed E-state index contributed by atoms with van der Waals surface area (Å²) in [5.41, 5.74) is 0. The number of carbonyl (C=O) groups is 2. The molecule has 0 aromatic rings. The van der Waals surface area contributed by atoms with Crippen molar-refractivity contribution in [3.8, 4) is 0 Å². The number of carbonyl (C=O) groups excluding carboxylic acids is 2. The third-order valence-electron chi connectivity index (χ3n) is 15.9. The molecular weight excluding hydrogens is 1050 g/mol. The number of nitrogens with one attached hydrogen (secondary N) is 1. The van der Waals surface area contributed by atoms with Crippen LogP contribution in [0.5, 0.6) is 0 Å². The van der Waals surface area contributed by atoms with Gasteiger partial charge in [0.15, 0.2) is 6.29 Å². The van der Waals surface area contributed by atoms with Crippen molar-refractivity contribution < 1.29 is 49.3 Å². The van der Waals surface area contributed by atoms with Crippen LogP contribution >= 0.6 is 0 Å². The van der Waals surface area contributed by atoms with E-state index < -0.39 is 49.5 Å². The second-order valence-corrected chi connectivity index (χ2v) is 23.8. The second kappa shape index (κ2) is 61.5. The van der Waals surface area contributed by atoms with Crippen molar-refractivity contribution in [3.05, 3.63) is 85.1 Å². The first-order valence-electron chi connectivity index (χ1n) is 34.9. The number of hydrogen-bond acceptors (Lipinski definition) is 10. The molecule has 1 amide bonds. The van der Waals surface area contributed by atoms with Crippen LogP contribution in [-0.4, -0.2) is 100 Å². The van der Waals surface area contributed by atoms with Crippen LogP contribution in [0.25, 0.3) is 0 Å². The van der Waals surface area contributed by atoms with Gasteiger partial charge in [-0.25, -0.2) is 0 Å². The summed E-state index contributed by atoms with van der Waals surface area (Å²) >= 11 is 0. The minimum absolute atomic E-state index is 0.0133. The van der Waals surface area contributed by atoms with E-state index in [1.54, 1.807) is 6.08 Å². The first-order valence-corrected chi connectivity index (χ1v) is 34.9. The number of allylic oxidation sites excluding steroid dienone is 13. The van der Waals surface area contributed by atoms with E-state index in [9.17, 15) is 35.1 Å². The van der Waals surface area contributed by atoms with Gasteiger partial charge in [0, 0.05) is 12.8 Å². The molecule has 7 unspecified atom stereocenters. The van der Waals surface area contributed by atoms with Crippen LogP contribution < -0.4 is 5.32 Å². The highest BCUT2D eigenvalue weighted by Crippen LogP contribution is 2.23. The minimum Gasteiger partial charge on any atom is -0.466 e. The molecule has 0 spiro atoms. The molecule has 0 radical (unpaired) electrons. The number of amides is 1. The van der Waals surface area contributed by atoms with E-state index in [0.717, 1.165) is 96.3 Å². The lowest BCUT2D eigenvalue weighted by Gasteiger charge is -2.40. The lowest BCUT2D eigenvalue weighted by atomic mass is 9.99. The summed E-state index contributed by atoms with van der Waals surface area (Å²) in [4.78, 5) is 25.1. The van der Waals surface area contributed by atoms with Crippen LogP contribution in [0.4, 0.5) is 0 Å². The Morgan fingerprint density at radius 3 is 1.30 bits per heavy atom. The summed E-state index contributed by atoms with van der Waals surface area (Å²) in [6.07, 6.45) is 74.2. The zero-order chi connectivity index (χ0) is 60.9. The van der Waals surface area contributed by atoms with Gasteiger partial charge in [0.1, 0.15) is 24.4 Å². The predicted molar refractivity (Wildman–Crippen MR) is 352 cm³/mol. The van der Waals surface area contributed by atoms with E-state index in [2.05, 4.69) is 92.1 Å². The largest absolute Gasteiger partial charge is 0.466 e. The van der Waals surface area contributed by atoms with Crippen molar-refractivity contribution in [2.24, 2.45) is 0 Å². The summed E-state index contributed by atoms with van der Waals surface area (Å²) in [7, 11) is 0. The lowest BCUT2D eigenvalue weighted by Crippen LogP contribution is -2.60. The molecule has 11 heteroatoms. The van der Waals surface area contributed by atoms with Gasteiger partial charge in [0.2, 0.25) is 5.91 Å². The van der Waals surface area contributed by atoms with Gasteiger partial charge in [0.25, 0.3) is 0 Å². The number of rotatable bonds is 60. The van der Waals surface area contributed by atoms with Gasteiger partial charge in [-0.2, -0.15) is 0 Å². The molecule has 0 aliphatic carbocycles. The Kier molecular flexibility index (Phi) is 57.7. The van der Waals surface area contributed by atoms with E-state index in [1.807, 2.05) is 6.08 Å². The Morgan fingerprint density at radius 2 is 0.833 bits per heavy atom. The van der Waals surface area contributed by atoms with Crippen molar-refractivity contribution in [1.29, 1.82) is 0 Å². The van der Waals surface area contributed by atoms with Crippen molar-refractivity contribution >= 4 is 11.9 Å². The third-order valence-corrected chi connectivity index (χ3v) is 15.9. The van der Waals surface area contributed by atoms with E-state index in [1.165, 1.54) is 180 Å². The number of esters is 1. The summed E-state index contributed by atoms with van der Waals surface area (Å²) in [5.74, 6) is -0.212. The SMILES string of the molecule is CCC/C=C\C/C=C\CCCCCCCC(=O)OCCCCCCCCCCC/C=C\C/C=C\CCCCCCCCCCCCCCCC(=O)NC(COC1OC(CO)C(O)C(O)C1O)C(O)/C=C/CC/C=C/CC/C=C/CCCCCC. The molecule has 0 saturated carbocycles. The highest BCUT2D eigenvalue weighted by atomic mass is 16.7. The third kappa shape index (κ3) is 49.9. The summed E-state index contributed by atoms with van der Waals surface area (Å²) < 4.78 is 16.7. The van der Waals surface area contributed by atoms with Crippen molar-refractivity contribution in [1.82, 2.24) is 5.32 Å². The van der Waals surface area contributed by atoms with E-state index in [-0.39, 0.29) is 18.5 Å². The van der Waals surface area contributed by atoms with Gasteiger partial charge in [-0.3, -0.25) is 9.59 Å². The standard InChI is InChI=1S/C73H129NO10/c1-3-5-7-9-11-13-15-17-36-39-43-47-51-55-59-66(76)65(64-83-73-72(81)71(80)70(79)67(63-75)84-73)74-68(77)60-56-52-48-44-40-37-33-31-29-27-25-23-21-19-18-20-22-24-26-28-30-32-34-38-42-46-50-54-58-62-82-69(78)61-57-53-49-45-41-35-16-14-12-10-8-6-4-2/h8,10,13-16,18,20,24,26,39,43,55,59,65-67,70-73,75-76,79-81H,3-7,9,11-12,17,19,21-23,25,27-38,40-42,44-54,56-58,60-64H2,1-2H3,(H,74,77)/b10-8-,15-13+,16-14-,20-18-,26-24-,43-39+,59-55+. The van der Waals surface area contributed by atoms with E-state index in [4.69, 9.17) is 14.2 Å². The van der Waals surface area contributed by atoms with Gasteiger partial charge in [0.05, 0.1) is 32.0 Å². The number of aliphatic hydroxyl groups is 5. The molecule has 11 nitrogen and oxygen atoms in total. The normalized spacial score (nSPS) is 18.6. The van der Waals surface area contributed by atoms with E-state index >= 15 is 0 Å². The summed E-state index contributed by atoms with van der Waals surface area (Å²) in [6, 6.07) is -0.838. The smallest absolute Gasteiger partial charge is 0.305 e. The van der Waals surface area contributed by atoms with Gasteiger partial charge in [-0.1, -0.05) is 259 Å². The monoisotopic (exact) mass is 1180 g/mol. The first kappa shape index (κ1) is 78.9. The van der Waals surface area contributed by atoms with E-state index in [0.29, 0.717) is 19.4 Å². The van der Waals surface area contributed by atoms with Crippen molar-refractivity contribution in [2.45, 2.75) is 346 Å². The Balaban J connectivity index is 2.02. The number of unbranched alkanes of at least 4 members (excludes halogenated alkanes) is 34. The average molecular weight is 1180 g/mol. The zero-order valence-corrected chi connectivity index (χ0v) is 53.8. The Hall–Kier alpha value is -3.16. The molecule has 6 N–H and O–H groups in total. The fourth-order valence-electron chi connectivity index (χ4n) is 10.4. The van der Waals surface area contributed by atoms with Gasteiger partial charge in [-0.05, 0) is 116 Å². The van der Waals surface area contributed by atoms with Crippen LogP contribution in [0.2, 0.25) is 0 Å². The molecule has 1 saturated heterocycles. The van der Waals surface area contributed by atoms with Gasteiger partial charge >= 0.3 is 5.97 Å². The van der Waals surface area contributed by atoms with Crippen LogP contribution in [0.3, 0.4) is 0 Å². The Bertz CT molecular complexity index is 1670. The highest BCUT2D eigenvalue weighted by Gasteiger charge is 2.44. The summed E-state index contributed by atoms with van der Waals surface area (Å²) in [5, 5.41) is 54.5. The van der Waals surface area contributed by atoms with Crippen LogP contribution in [0.15, 0.2) is 85.1 Å². The zero-order valence-electron chi connectivity index (χ0n) is 53.8. The maximum Gasteiger partial charge on any atom is 0.305 e. The molecule has 1 aliphatic rings. The molecule has 1 rings (SSSR count). The van der Waals surface area contributed by atoms with Gasteiger partial charge in [-0.15, -0.1) is 0 Å². The molecule has 486 valence electrons. The molecular formula is C73H129NO10. The molecule has 0 aromatic carbocycles. The fourth-order valence-corrected chi connectivity index (χ4v) is 10.4. The molecule has 1 heterocycles. The molecule has 0 bridgehead atoms. The number of aliphatic hydroxyl groups excluding tert-OH is 5. The Labute approximate surface area is 514 Å². The van der Waals surface area contributed by atoms with Crippen LogP contribution in [-0.2, 0) is 23.8 Å². The molecule has 0 aromatic heterocycles. The predicted octanol–water partition coefficient (Wildman–Crippen LogP) is 17.7. The average Bonchev–Trinajstić information content (AvgIpc) is 3.58. The second-order valence-electron chi connectivity index (χ2n) is 23.8. The molecule has 1 fully saturated rings. The minimum atomic E-state index is -1.58. The molecule has 7 atom stereocenters. The number of ether oxygens (including phenoxy) is 3. The summed E-state index contributed by atoms with van der Waals surface area (Å²) in [6.45, 7) is 4.24. The van der Waals surface area contributed by atoms with Crippen LogP contribution in [0, 0.1) is 0 Å². The van der Waals surface area contributed by atoms with Crippen LogP contribution in [0.1, 0.15) is 303 Å². The maximum absolute atomic E-state index is 13.1. The molecule has 84 heavy (non-hydrogen) atoms. The fraction of sp³-hybridized carbons (Fsp3) is 0.781. The van der Waals surface area contributed by atoms with Crippen molar-refractivity contribution in [3.63, 3.8) is 0 Å². The maximum atomic E-state index is 13.1. The first-order chi connectivity index (χ1) is 41.2. The Morgan fingerprint density at radius 1 is 0.440 bits per heavy atom. The molecule has 1 aliphatic heterocycles. The lowest BCUT2D eigenvalue weighted by molar-refractivity contribution is -0.302. The quantitative estimate of drug-likeness (QED) is 0.0195. The van der Waals surface area contributed by atoms with Crippen molar-refractivity contribution in [2.75, 3.05) is 19.8 Å². The topological polar surface area (TPSA) is 175 Å². The number of hydrogen-bond donors (Lipinski definition) is 6. The van der Waals surface area contributed by atoms with Gasteiger partial charge < -0.3 is 45.1 Å². The highest BCUT2D eigenvalue weighted by molar-refractivity contribution is 5.76.